The minimum Gasteiger partial charge on any atom is -0.324 e. The number of nitrogens with one attached hydrogen (secondary N) is 1. The number of benzene rings is 1. The average molecular weight is 297 g/mol. The van der Waals surface area contributed by atoms with Crippen molar-refractivity contribution < 1.29 is 13.2 Å². The van der Waals surface area contributed by atoms with Crippen molar-refractivity contribution >= 4 is 21.6 Å². The van der Waals surface area contributed by atoms with Crippen molar-refractivity contribution in [3.8, 4) is 0 Å². The molecule has 0 bridgehead atoms. The van der Waals surface area contributed by atoms with E-state index in [1.165, 1.54) is 20.2 Å². The second-order valence-electron chi connectivity index (χ2n) is 5.38. The summed E-state index contributed by atoms with van der Waals surface area (Å²) in [7, 11) is -0.592. The van der Waals surface area contributed by atoms with Crippen molar-refractivity contribution in [2.24, 2.45) is 5.73 Å². The largest absolute Gasteiger partial charge is 0.324 e. The third-order valence-electron chi connectivity index (χ3n) is 3.45. The van der Waals surface area contributed by atoms with Crippen molar-refractivity contribution in [3.63, 3.8) is 0 Å². The number of nitrogens with two attached hydrogens (primary N) is 1. The number of aryl methyl sites for hydroxylation is 1. The van der Waals surface area contributed by atoms with E-state index in [-0.39, 0.29) is 10.8 Å². The van der Waals surface area contributed by atoms with Gasteiger partial charge in [-0.25, -0.2) is 12.7 Å². The van der Waals surface area contributed by atoms with Crippen LogP contribution in [0.15, 0.2) is 23.1 Å². The predicted octanol–water partition coefficient (Wildman–Crippen LogP) is 0.675. The van der Waals surface area contributed by atoms with Gasteiger partial charge in [-0.05, 0) is 37.5 Å². The molecule has 110 valence electrons. The Morgan fingerprint density at radius 3 is 2.45 bits per heavy atom. The summed E-state index contributed by atoms with van der Waals surface area (Å²) in [5, 5.41) is 2.68. The summed E-state index contributed by atoms with van der Waals surface area (Å²) in [5.41, 5.74) is 6.09. The number of rotatable bonds is 4. The third kappa shape index (κ3) is 2.70. The molecule has 1 aromatic rings. The van der Waals surface area contributed by atoms with Gasteiger partial charge in [0.15, 0.2) is 0 Å². The Morgan fingerprint density at radius 2 is 1.95 bits per heavy atom. The van der Waals surface area contributed by atoms with Crippen LogP contribution in [-0.4, -0.2) is 38.3 Å². The molecule has 0 unspecified atom stereocenters. The number of nitrogens with zero attached hydrogens (tertiary/aromatic N) is 1. The fraction of sp³-hybridized carbons (Fsp3) is 0.462. The van der Waals surface area contributed by atoms with Crippen LogP contribution < -0.4 is 11.1 Å². The van der Waals surface area contributed by atoms with E-state index < -0.39 is 15.6 Å². The van der Waals surface area contributed by atoms with Gasteiger partial charge in [-0.1, -0.05) is 6.07 Å². The summed E-state index contributed by atoms with van der Waals surface area (Å²) in [6.45, 7) is 1.72. The molecule has 0 spiro atoms. The second kappa shape index (κ2) is 4.83. The van der Waals surface area contributed by atoms with E-state index in [0.717, 1.165) is 4.31 Å². The number of amides is 1. The minimum atomic E-state index is -3.53. The highest BCUT2D eigenvalue weighted by molar-refractivity contribution is 7.89. The van der Waals surface area contributed by atoms with Crippen LogP contribution >= 0.6 is 0 Å². The molecule has 2 rings (SSSR count). The van der Waals surface area contributed by atoms with E-state index in [2.05, 4.69) is 5.32 Å². The fourth-order valence-corrected chi connectivity index (χ4v) is 2.91. The molecule has 0 atom stereocenters. The van der Waals surface area contributed by atoms with Gasteiger partial charge >= 0.3 is 0 Å². The first kappa shape index (κ1) is 15.0. The van der Waals surface area contributed by atoms with Gasteiger partial charge in [0.05, 0.1) is 10.4 Å². The molecule has 1 amide bonds. The molecule has 0 aromatic heterocycles. The van der Waals surface area contributed by atoms with Gasteiger partial charge in [-0.3, -0.25) is 4.79 Å². The van der Waals surface area contributed by atoms with Crippen LogP contribution in [0.1, 0.15) is 18.4 Å². The molecule has 1 aliphatic carbocycles. The molecule has 1 aromatic carbocycles. The summed E-state index contributed by atoms with van der Waals surface area (Å²) in [5.74, 6) is -0.269. The number of anilines is 1. The molecule has 0 saturated heterocycles. The number of hydrogen-bond acceptors (Lipinski definition) is 4. The van der Waals surface area contributed by atoms with E-state index in [9.17, 15) is 13.2 Å². The van der Waals surface area contributed by atoms with E-state index in [1.807, 2.05) is 0 Å². The third-order valence-corrected chi connectivity index (χ3v) is 5.40. The average Bonchev–Trinajstić information content (AvgIpc) is 3.10. The van der Waals surface area contributed by atoms with Gasteiger partial charge in [0, 0.05) is 19.8 Å². The Hall–Kier alpha value is -1.44. The van der Waals surface area contributed by atoms with Gasteiger partial charge in [0.2, 0.25) is 15.9 Å². The topological polar surface area (TPSA) is 92.5 Å². The molecule has 1 saturated carbocycles. The first-order chi connectivity index (χ1) is 9.17. The fourth-order valence-electron chi connectivity index (χ4n) is 1.77. The number of carbonyl (C=O) groups excluding carboxylic acids is 1. The number of sulfonamides is 1. The van der Waals surface area contributed by atoms with Crippen molar-refractivity contribution in [1.29, 1.82) is 0 Å². The molecule has 0 heterocycles. The van der Waals surface area contributed by atoms with Gasteiger partial charge in [-0.15, -0.1) is 0 Å². The van der Waals surface area contributed by atoms with E-state index in [0.29, 0.717) is 24.1 Å². The molecule has 0 radical (unpaired) electrons. The summed E-state index contributed by atoms with van der Waals surface area (Å²) < 4.78 is 25.5. The van der Waals surface area contributed by atoms with Gasteiger partial charge in [-0.2, -0.15) is 0 Å². The molecular weight excluding hydrogens is 278 g/mol. The zero-order chi connectivity index (χ0) is 15.1. The molecule has 6 nitrogen and oxygen atoms in total. The Labute approximate surface area is 119 Å². The van der Waals surface area contributed by atoms with Crippen LogP contribution in [0.5, 0.6) is 0 Å². The van der Waals surface area contributed by atoms with Gasteiger partial charge in [0.25, 0.3) is 0 Å². The first-order valence-electron chi connectivity index (χ1n) is 6.30. The van der Waals surface area contributed by atoms with Gasteiger partial charge < -0.3 is 11.1 Å². The molecular formula is C13H19N3O3S. The van der Waals surface area contributed by atoms with Crippen LogP contribution in [0.25, 0.3) is 0 Å². The van der Waals surface area contributed by atoms with E-state index in [4.69, 9.17) is 5.73 Å². The molecule has 7 heteroatoms. The first-order valence-corrected chi connectivity index (χ1v) is 7.74. The van der Waals surface area contributed by atoms with Crippen molar-refractivity contribution in [1.82, 2.24) is 4.31 Å². The van der Waals surface area contributed by atoms with Gasteiger partial charge in [0.1, 0.15) is 0 Å². The lowest BCUT2D eigenvalue weighted by Gasteiger charge is -2.16. The Bertz CT molecular complexity index is 649. The van der Waals surface area contributed by atoms with Crippen LogP contribution in [0.2, 0.25) is 0 Å². The van der Waals surface area contributed by atoms with Crippen LogP contribution in [-0.2, 0) is 14.8 Å². The highest BCUT2D eigenvalue weighted by Crippen LogP contribution is 2.33. The Kier molecular flexibility index (Phi) is 3.62. The van der Waals surface area contributed by atoms with E-state index in [1.54, 1.807) is 19.1 Å². The summed E-state index contributed by atoms with van der Waals surface area (Å²) in [6.07, 6.45) is 1.32. The zero-order valence-electron chi connectivity index (χ0n) is 11.8. The Morgan fingerprint density at radius 1 is 1.35 bits per heavy atom. The minimum absolute atomic E-state index is 0.183. The quantitative estimate of drug-likeness (QED) is 0.854. The molecule has 20 heavy (non-hydrogen) atoms. The second-order valence-corrected chi connectivity index (χ2v) is 7.50. The van der Waals surface area contributed by atoms with Crippen molar-refractivity contribution in [2.75, 3.05) is 19.4 Å². The highest BCUT2D eigenvalue weighted by atomic mass is 32.2. The van der Waals surface area contributed by atoms with Crippen LogP contribution in [0.4, 0.5) is 5.69 Å². The molecule has 1 aliphatic rings. The molecule has 3 N–H and O–H groups in total. The normalized spacial score (nSPS) is 17.1. The highest BCUT2D eigenvalue weighted by Gasteiger charge is 2.46. The SMILES string of the molecule is Cc1ccc(NC(=O)C2(N)CC2)cc1S(=O)(=O)N(C)C. The number of hydrogen-bond donors (Lipinski definition) is 2. The maximum Gasteiger partial charge on any atom is 0.244 e. The Balaban J connectivity index is 2.32. The van der Waals surface area contributed by atoms with E-state index >= 15 is 0 Å². The van der Waals surface area contributed by atoms with Crippen LogP contribution in [0, 0.1) is 6.92 Å². The standard InChI is InChI=1S/C13H19N3O3S/c1-9-4-5-10(15-12(17)13(14)6-7-13)8-11(9)20(18,19)16(2)3/h4-5,8H,6-7,14H2,1-3H3,(H,15,17). The van der Waals surface area contributed by atoms with Crippen molar-refractivity contribution in [3.05, 3.63) is 23.8 Å². The lowest BCUT2D eigenvalue weighted by atomic mass is 10.2. The monoisotopic (exact) mass is 297 g/mol. The zero-order valence-corrected chi connectivity index (χ0v) is 12.6. The smallest absolute Gasteiger partial charge is 0.244 e. The molecule has 1 fully saturated rings. The maximum atomic E-state index is 12.2. The predicted molar refractivity (Wildman–Crippen MR) is 76.8 cm³/mol. The maximum absolute atomic E-state index is 12.2. The van der Waals surface area contributed by atoms with Crippen molar-refractivity contribution in [2.45, 2.75) is 30.2 Å². The summed E-state index contributed by atoms with van der Waals surface area (Å²) >= 11 is 0. The molecule has 0 aliphatic heterocycles. The lowest BCUT2D eigenvalue weighted by Crippen LogP contribution is -2.37. The van der Waals surface area contributed by atoms with Crippen LogP contribution in [0.3, 0.4) is 0 Å². The number of carbonyl (C=O) groups is 1. The summed E-state index contributed by atoms with van der Waals surface area (Å²) in [4.78, 5) is 12.1. The lowest BCUT2D eigenvalue weighted by molar-refractivity contribution is -0.118. The summed E-state index contributed by atoms with van der Waals surface area (Å²) in [6, 6.07) is 4.81.